The van der Waals surface area contributed by atoms with Crippen molar-refractivity contribution in [1.29, 1.82) is 5.26 Å². The van der Waals surface area contributed by atoms with Crippen LogP contribution in [0.5, 0.6) is 0 Å². The van der Waals surface area contributed by atoms with E-state index in [0.29, 0.717) is 22.8 Å². The molecule has 0 N–H and O–H groups in total. The molecule has 10 aromatic rings. The summed E-state index contributed by atoms with van der Waals surface area (Å²) in [6, 6.07) is 67.1. The lowest BCUT2D eigenvalue weighted by molar-refractivity contribution is 1.17. The van der Waals surface area contributed by atoms with E-state index in [0.717, 1.165) is 89.0 Å². The first-order chi connectivity index (χ1) is 30.1. The molecule has 0 unspecified atom stereocenters. The number of benzene rings is 8. The average Bonchev–Trinajstić information content (AvgIpc) is 3.67. The molecule has 0 atom stereocenters. The van der Waals surface area contributed by atoms with Crippen molar-refractivity contribution in [2.45, 2.75) is 0 Å². The van der Waals surface area contributed by atoms with E-state index in [-0.39, 0.29) is 0 Å². The van der Waals surface area contributed by atoms with Gasteiger partial charge in [0, 0.05) is 38.6 Å². The Morgan fingerprint density at radius 1 is 0.426 bits per heavy atom. The highest BCUT2D eigenvalue weighted by molar-refractivity contribution is 6.12. The SMILES string of the molecule is [C-]#[N+]c1ccc(-c2ccc3c(c2)c2ccccc2n3-c2c(-c3ccc(C#N)cc3)cc(-c3nc(-c4ccccc4)cc(-c4ccccc4)n3)cc2-c2ccc([N+]#[C-])cc2)cc1. The maximum Gasteiger partial charge on any atom is 0.187 e. The van der Waals surface area contributed by atoms with Crippen LogP contribution in [0.15, 0.2) is 194 Å². The number of para-hydroxylation sites is 1. The van der Waals surface area contributed by atoms with Crippen LogP contribution in [0.3, 0.4) is 0 Å². The topological polar surface area (TPSA) is 63.2 Å². The van der Waals surface area contributed by atoms with E-state index in [2.05, 4.69) is 99.2 Å². The van der Waals surface area contributed by atoms with E-state index in [1.807, 2.05) is 115 Å². The maximum atomic E-state index is 9.84. The molecule has 0 spiro atoms. The highest BCUT2D eigenvalue weighted by atomic mass is 15.0. The molecule has 0 radical (unpaired) electrons. The Morgan fingerprint density at radius 3 is 1.48 bits per heavy atom. The molecule has 0 saturated heterocycles. The molecule has 6 nitrogen and oxygen atoms in total. The smallest absolute Gasteiger partial charge is 0.187 e. The van der Waals surface area contributed by atoms with E-state index in [1.165, 1.54) is 0 Å². The van der Waals surface area contributed by atoms with Crippen molar-refractivity contribution in [2.24, 2.45) is 0 Å². The number of rotatable bonds is 7. The molecule has 0 bridgehead atoms. The third-order valence-electron chi connectivity index (χ3n) is 11.1. The van der Waals surface area contributed by atoms with Gasteiger partial charge in [0.25, 0.3) is 0 Å². The van der Waals surface area contributed by atoms with Gasteiger partial charge in [-0.3, -0.25) is 0 Å². The number of fused-ring (bicyclic) bond motifs is 3. The minimum atomic E-state index is 0.550. The summed E-state index contributed by atoms with van der Waals surface area (Å²) < 4.78 is 2.34. The largest absolute Gasteiger partial charge is 0.308 e. The van der Waals surface area contributed by atoms with Crippen molar-refractivity contribution < 1.29 is 0 Å². The van der Waals surface area contributed by atoms with Crippen molar-refractivity contribution in [3.63, 3.8) is 0 Å². The summed E-state index contributed by atoms with van der Waals surface area (Å²) in [4.78, 5) is 17.8. The zero-order chi connectivity index (χ0) is 41.3. The van der Waals surface area contributed by atoms with Gasteiger partial charge in [-0.2, -0.15) is 5.26 Å². The molecular formula is C55H32N6. The molecule has 2 heterocycles. The van der Waals surface area contributed by atoms with Crippen molar-refractivity contribution >= 4 is 33.2 Å². The van der Waals surface area contributed by atoms with Crippen LogP contribution in [0.4, 0.5) is 11.4 Å². The second-order valence-electron chi connectivity index (χ2n) is 14.7. The fraction of sp³-hybridized carbons (Fsp3) is 0. The van der Waals surface area contributed by atoms with Gasteiger partial charge < -0.3 is 4.57 Å². The van der Waals surface area contributed by atoms with Gasteiger partial charge >= 0.3 is 0 Å². The Balaban J connectivity index is 1.30. The van der Waals surface area contributed by atoms with Crippen LogP contribution in [-0.4, -0.2) is 14.5 Å². The average molecular weight is 777 g/mol. The summed E-state index contributed by atoms with van der Waals surface area (Å²) in [6.45, 7) is 15.2. The number of hydrogen-bond acceptors (Lipinski definition) is 3. The predicted octanol–water partition coefficient (Wildman–Crippen LogP) is 14.5. The van der Waals surface area contributed by atoms with Crippen LogP contribution >= 0.6 is 0 Å². The van der Waals surface area contributed by atoms with E-state index < -0.39 is 0 Å². The molecule has 282 valence electrons. The summed E-state index contributed by atoms with van der Waals surface area (Å²) >= 11 is 0. The molecule has 0 aliphatic carbocycles. The first kappa shape index (κ1) is 36.5. The Bertz CT molecular complexity index is 3270. The second-order valence-corrected chi connectivity index (χ2v) is 14.7. The predicted molar refractivity (Wildman–Crippen MR) is 246 cm³/mol. The van der Waals surface area contributed by atoms with Crippen molar-refractivity contribution in [3.05, 3.63) is 223 Å². The van der Waals surface area contributed by atoms with Gasteiger partial charge in [-0.05, 0) is 70.8 Å². The van der Waals surface area contributed by atoms with Gasteiger partial charge in [-0.1, -0.05) is 146 Å². The van der Waals surface area contributed by atoms with Gasteiger partial charge in [0.05, 0.1) is 52.9 Å². The van der Waals surface area contributed by atoms with Crippen LogP contribution in [0.25, 0.3) is 104 Å². The zero-order valence-electron chi connectivity index (χ0n) is 32.7. The van der Waals surface area contributed by atoms with Crippen molar-refractivity contribution in [2.75, 3.05) is 0 Å². The zero-order valence-corrected chi connectivity index (χ0v) is 32.7. The normalized spacial score (nSPS) is 10.9. The van der Waals surface area contributed by atoms with Crippen LogP contribution in [0.1, 0.15) is 5.56 Å². The van der Waals surface area contributed by atoms with Gasteiger partial charge in [0.2, 0.25) is 0 Å². The van der Waals surface area contributed by atoms with Crippen LogP contribution in [0, 0.1) is 24.5 Å². The van der Waals surface area contributed by atoms with E-state index in [1.54, 1.807) is 0 Å². The molecular weight excluding hydrogens is 745 g/mol. The van der Waals surface area contributed by atoms with Crippen molar-refractivity contribution in [3.8, 4) is 79.0 Å². The number of hydrogen-bond donors (Lipinski definition) is 0. The molecule has 0 aliphatic rings. The molecule has 0 amide bonds. The van der Waals surface area contributed by atoms with Gasteiger partial charge in [-0.15, -0.1) is 0 Å². The molecule has 8 aromatic carbocycles. The van der Waals surface area contributed by atoms with Crippen molar-refractivity contribution in [1.82, 2.24) is 14.5 Å². The minimum absolute atomic E-state index is 0.550. The Hall–Kier alpha value is -8.89. The Kier molecular flexibility index (Phi) is 9.24. The summed E-state index contributed by atoms with van der Waals surface area (Å²) in [5.41, 5.74) is 14.8. The lowest BCUT2D eigenvalue weighted by Crippen LogP contribution is -2.03. The van der Waals surface area contributed by atoms with E-state index in [4.69, 9.17) is 23.1 Å². The summed E-state index contributed by atoms with van der Waals surface area (Å²) in [5, 5.41) is 12.0. The maximum absolute atomic E-state index is 9.84. The highest BCUT2D eigenvalue weighted by Crippen LogP contribution is 2.45. The first-order valence-electron chi connectivity index (χ1n) is 19.8. The molecule has 61 heavy (non-hydrogen) atoms. The highest BCUT2D eigenvalue weighted by Gasteiger charge is 2.23. The molecule has 2 aromatic heterocycles. The summed E-state index contributed by atoms with van der Waals surface area (Å²) in [7, 11) is 0. The minimum Gasteiger partial charge on any atom is -0.308 e. The molecule has 0 fully saturated rings. The number of nitrogens with zero attached hydrogens (tertiary/aromatic N) is 6. The standard InChI is InChI=1S/C55H32N6/c1-57-44-26-21-37(22-27-44)42-25-30-53-49(31-42)46-15-9-10-16-52(46)61(53)54-47(38-19-17-36(35-56)18-20-38)32-43(33-48(54)39-23-28-45(58-2)29-24-39)55-59-50(40-11-5-3-6-12-40)34-51(60-55)41-13-7-4-8-14-41/h3-34H. The lowest BCUT2D eigenvalue weighted by Gasteiger charge is -2.21. The van der Waals surface area contributed by atoms with Crippen LogP contribution < -0.4 is 0 Å². The van der Waals surface area contributed by atoms with Gasteiger partial charge in [0.15, 0.2) is 17.2 Å². The fourth-order valence-electron chi connectivity index (χ4n) is 8.10. The number of aromatic nitrogens is 3. The fourth-order valence-corrected chi connectivity index (χ4v) is 8.10. The first-order valence-corrected chi connectivity index (χ1v) is 19.8. The molecule has 10 rings (SSSR count). The third kappa shape index (κ3) is 6.75. The monoisotopic (exact) mass is 776 g/mol. The van der Waals surface area contributed by atoms with E-state index >= 15 is 0 Å². The third-order valence-corrected chi connectivity index (χ3v) is 11.1. The Labute approximate surface area is 353 Å². The molecule has 6 heteroatoms. The van der Waals surface area contributed by atoms with Crippen LogP contribution in [-0.2, 0) is 0 Å². The molecule has 0 saturated carbocycles. The summed E-state index contributed by atoms with van der Waals surface area (Å²) in [5.74, 6) is 0.566. The number of nitriles is 1. The second kappa shape index (κ2) is 15.5. The molecule has 0 aliphatic heterocycles. The Morgan fingerprint density at radius 2 is 0.918 bits per heavy atom. The van der Waals surface area contributed by atoms with Gasteiger partial charge in [0.1, 0.15) is 0 Å². The van der Waals surface area contributed by atoms with E-state index in [9.17, 15) is 5.26 Å². The van der Waals surface area contributed by atoms with Crippen LogP contribution in [0.2, 0.25) is 0 Å². The lowest BCUT2D eigenvalue weighted by atomic mass is 9.92. The van der Waals surface area contributed by atoms with Gasteiger partial charge in [-0.25, -0.2) is 19.7 Å². The summed E-state index contributed by atoms with van der Waals surface area (Å²) in [6.07, 6.45) is 0. The quantitative estimate of drug-likeness (QED) is 0.151.